The number of hydrogen-bond acceptors (Lipinski definition) is 10. The van der Waals surface area contributed by atoms with Crippen LogP contribution in [0, 0.1) is 0 Å². The smallest absolute Gasteiger partial charge is 0.222 e. The second-order valence-corrected chi connectivity index (χ2v) is 6.07. The van der Waals surface area contributed by atoms with E-state index in [0.717, 1.165) is 0 Å². The van der Waals surface area contributed by atoms with Crippen molar-refractivity contribution in [3.63, 3.8) is 0 Å². The molecule has 0 aliphatic carbocycles. The van der Waals surface area contributed by atoms with Crippen LogP contribution in [0.2, 0.25) is 0 Å². The van der Waals surface area contributed by atoms with E-state index >= 15 is 0 Å². The largest absolute Gasteiger partial charge is 0.390 e. The van der Waals surface area contributed by atoms with Crippen molar-refractivity contribution in [1.29, 1.82) is 0 Å². The molecular weight excluding hydrogens is 398 g/mol. The molecule has 0 unspecified atom stereocenters. The predicted octanol–water partition coefficient (Wildman–Crippen LogP) is -1.34. The van der Waals surface area contributed by atoms with Crippen LogP contribution in [0.5, 0.6) is 0 Å². The maximum Gasteiger partial charge on any atom is 0.222 e. The highest BCUT2D eigenvalue weighted by Crippen LogP contribution is 1.93. The molecule has 2 rings (SSSR count). The number of aliphatic hydroxyl groups is 1. The number of aliphatic hydroxyl groups excluding tert-OH is 1. The Hall–Kier alpha value is -2.45. The van der Waals surface area contributed by atoms with Gasteiger partial charge in [-0.3, -0.25) is 4.79 Å². The lowest BCUT2D eigenvalue weighted by Crippen LogP contribution is -2.24. The van der Waals surface area contributed by atoms with E-state index in [4.69, 9.17) is 24.1 Å². The van der Waals surface area contributed by atoms with Gasteiger partial charge in [0.25, 0.3) is 0 Å². The topological polar surface area (TPSA) is 159 Å². The van der Waals surface area contributed by atoms with Gasteiger partial charge in [0.2, 0.25) is 5.91 Å². The van der Waals surface area contributed by atoms with E-state index in [1.54, 1.807) is 17.1 Å². The number of nitrogens with one attached hydrogen (secondary N) is 2. The highest BCUT2D eigenvalue weighted by atomic mass is 16.6. The van der Waals surface area contributed by atoms with Crippen molar-refractivity contribution in [2.45, 2.75) is 26.1 Å². The van der Waals surface area contributed by atoms with E-state index in [1.807, 2.05) is 0 Å². The van der Waals surface area contributed by atoms with E-state index in [2.05, 4.69) is 31.0 Å². The van der Waals surface area contributed by atoms with Gasteiger partial charge in [0.05, 0.1) is 84.9 Å². The van der Waals surface area contributed by atoms with Gasteiger partial charge in [0, 0.05) is 6.42 Å². The van der Waals surface area contributed by atoms with E-state index in [1.165, 1.54) is 0 Å². The molecule has 168 valence electrons. The summed E-state index contributed by atoms with van der Waals surface area (Å²) in [5.41, 5.74) is 1.21. The molecule has 30 heavy (non-hydrogen) atoms. The fraction of sp³-hybridized carbons (Fsp3) is 0.706. The van der Waals surface area contributed by atoms with Gasteiger partial charge in [-0.2, -0.15) is 15.4 Å². The van der Waals surface area contributed by atoms with E-state index < -0.39 is 0 Å². The number of rotatable bonds is 18. The molecule has 0 atom stereocenters. The quantitative estimate of drug-likeness (QED) is 0.243. The standard InChI is InChI=1S/C17H29N7O6/c25-14-16-13-24(23-21-16)2-4-28-6-8-30-10-9-29-7-5-27-3-1-17(26)18-11-15-12-19-22-20-15/h12-13,25H,1-11,14H2,(H,18,26)(H,19,20,22). The van der Waals surface area contributed by atoms with Crippen LogP contribution in [-0.2, 0) is 43.4 Å². The Bertz CT molecular complexity index is 682. The average molecular weight is 427 g/mol. The summed E-state index contributed by atoms with van der Waals surface area (Å²) < 4.78 is 23.2. The summed E-state index contributed by atoms with van der Waals surface area (Å²) in [5, 5.41) is 29.2. The first-order valence-electron chi connectivity index (χ1n) is 9.70. The number of carbonyl (C=O) groups is 1. The molecule has 2 aromatic rings. The third-order valence-corrected chi connectivity index (χ3v) is 3.73. The monoisotopic (exact) mass is 427 g/mol. The van der Waals surface area contributed by atoms with Crippen LogP contribution in [0.1, 0.15) is 17.8 Å². The van der Waals surface area contributed by atoms with Crippen molar-refractivity contribution in [3.8, 4) is 0 Å². The van der Waals surface area contributed by atoms with Crippen LogP contribution < -0.4 is 5.32 Å². The van der Waals surface area contributed by atoms with Gasteiger partial charge in [-0.15, -0.1) is 5.10 Å². The lowest BCUT2D eigenvalue weighted by atomic mass is 10.4. The van der Waals surface area contributed by atoms with Crippen molar-refractivity contribution < 1.29 is 28.8 Å². The highest BCUT2D eigenvalue weighted by Gasteiger charge is 2.03. The Morgan fingerprint density at radius 2 is 1.67 bits per heavy atom. The van der Waals surface area contributed by atoms with Gasteiger partial charge in [-0.1, -0.05) is 5.21 Å². The van der Waals surface area contributed by atoms with Gasteiger partial charge in [0.15, 0.2) is 0 Å². The van der Waals surface area contributed by atoms with Gasteiger partial charge in [0.1, 0.15) is 11.4 Å². The summed E-state index contributed by atoms with van der Waals surface area (Å²) in [6, 6.07) is 0. The summed E-state index contributed by atoms with van der Waals surface area (Å²) >= 11 is 0. The molecule has 0 bridgehead atoms. The molecule has 0 radical (unpaired) electrons. The summed E-state index contributed by atoms with van der Waals surface area (Å²) in [7, 11) is 0. The molecule has 0 aromatic carbocycles. The fourth-order valence-electron chi connectivity index (χ4n) is 2.19. The molecule has 1 amide bonds. The first kappa shape index (κ1) is 23.8. The molecule has 2 heterocycles. The Morgan fingerprint density at radius 3 is 2.27 bits per heavy atom. The highest BCUT2D eigenvalue weighted by molar-refractivity contribution is 5.75. The third-order valence-electron chi connectivity index (χ3n) is 3.73. The lowest BCUT2D eigenvalue weighted by Gasteiger charge is -2.07. The van der Waals surface area contributed by atoms with Gasteiger partial charge in [-0.25, -0.2) is 4.68 Å². The minimum atomic E-state index is -0.120. The minimum absolute atomic E-state index is 0.106. The molecule has 3 N–H and O–H groups in total. The summed E-state index contributed by atoms with van der Waals surface area (Å²) in [4.78, 5) is 11.6. The normalized spacial score (nSPS) is 11.1. The zero-order valence-electron chi connectivity index (χ0n) is 16.9. The van der Waals surface area contributed by atoms with Crippen molar-refractivity contribution in [2.75, 3.05) is 52.9 Å². The summed E-state index contributed by atoms with van der Waals surface area (Å²) in [5.74, 6) is -0.106. The molecule has 2 aromatic heterocycles. The van der Waals surface area contributed by atoms with Crippen LogP contribution in [0.25, 0.3) is 0 Å². The Balaban J connectivity index is 1.27. The third kappa shape index (κ3) is 10.9. The first-order chi connectivity index (χ1) is 14.8. The van der Waals surface area contributed by atoms with Crippen LogP contribution in [0.15, 0.2) is 12.4 Å². The first-order valence-corrected chi connectivity index (χ1v) is 9.70. The Labute approximate surface area is 174 Å². The molecule has 0 aliphatic rings. The van der Waals surface area contributed by atoms with Gasteiger partial charge >= 0.3 is 0 Å². The van der Waals surface area contributed by atoms with Crippen LogP contribution in [0.3, 0.4) is 0 Å². The number of amides is 1. The molecule has 0 fully saturated rings. The number of carbonyl (C=O) groups excluding carboxylic acids is 1. The minimum Gasteiger partial charge on any atom is -0.390 e. The van der Waals surface area contributed by atoms with Gasteiger partial charge < -0.3 is 29.4 Å². The number of H-pyrrole nitrogens is 1. The second kappa shape index (κ2) is 15.4. The number of aromatic amines is 1. The average Bonchev–Trinajstić information content (AvgIpc) is 3.44. The zero-order valence-corrected chi connectivity index (χ0v) is 16.9. The van der Waals surface area contributed by atoms with Crippen molar-refractivity contribution in [2.24, 2.45) is 0 Å². The van der Waals surface area contributed by atoms with E-state index in [0.29, 0.717) is 77.3 Å². The van der Waals surface area contributed by atoms with E-state index in [9.17, 15) is 4.79 Å². The van der Waals surface area contributed by atoms with Crippen LogP contribution >= 0.6 is 0 Å². The molecule has 13 nitrogen and oxygen atoms in total. The predicted molar refractivity (Wildman–Crippen MR) is 102 cm³/mol. The van der Waals surface area contributed by atoms with Crippen molar-refractivity contribution in [3.05, 3.63) is 23.8 Å². The summed E-state index contributed by atoms with van der Waals surface area (Å²) in [6.45, 7) is 4.35. The van der Waals surface area contributed by atoms with Crippen LogP contribution in [0.4, 0.5) is 0 Å². The second-order valence-electron chi connectivity index (χ2n) is 6.07. The van der Waals surface area contributed by atoms with E-state index in [-0.39, 0.29) is 18.9 Å². The number of hydrogen-bond donors (Lipinski definition) is 3. The SMILES string of the molecule is O=C(CCOCCOCCOCCOCCn1cc(CO)nn1)NCc1cn[nH]n1. The lowest BCUT2D eigenvalue weighted by molar-refractivity contribution is -0.122. The number of nitrogens with zero attached hydrogens (tertiary/aromatic N) is 5. The maximum absolute atomic E-state index is 11.6. The molecule has 0 spiro atoms. The zero-order chi connectivity index (χ0) is 21.3. The molecule has 0 aliphatic heterocycles. The van der Waals surface area contributed by atoms with Crippen molar-refractivity contribution >= 4 is 5.91 Å². The fourth-order valence-corrected chi connectivity index (χ4v) is 2.19. The molecule has 0 saturated heterocycles. The van der Waals surface area contributed by atoms with Crippen molar-refractivity contribution in [1.82, 2.24) is 35.7 Å². The Kier molecular flexibility index (Phi) is 12.2. The molecule has 0 saturated carbocycles. The molecule has 13 heteroatoms. The van der Waals surface area contributed by atoms with Crippen LogP contribution in [-0.4, -0.2) is 94.3 Å². The molecular formula is C17H29N7O6. The number of ether oxygens (including phenoxy) is 4. The summed E-state index contributed by atoms with van der Waals surface area (Å²) in [6.07, 6.45) is 3.51. The Morgan fingerprint density at radius 1 is 1.00 bits per heavy atom. The number of aromatic nitrogens is 6. The maximum atomic E-state index is 11.6. The van der Waals surface area contributed by atoms with Gasteiger partial charge in [-0.05, 0) is 0 Å².